The van der Waals surface area contributed by atoms with E-state index in [1.54, 1.807) is 0 Å². The van der Waals surface area contributed by atoms with Gasteiger partial charge in [0, 0.05) is 0 Å². The number of hydrogen-bond acceptors (Lipinski definition) is 7. The summed E-state index contributed by atoms with van der Waals surface area (Å²) in [5, 5.41) is 11.4. The Bertz CT molecular complexity index is 672. The van der Waals surface area contributed by atoms with Crippen LogP contribution in [0.2, 0.25) is 0 Å². The van der Waals surface area contributed by atoms with E-state index in [2.05, 4.69) is 15.1 Å². The van der Waals surface area contributed by atoms with Crippen LogP contribution < -0.4 is 19.9 Å². The number of aromatic nitrogens is 2. The first-order valence-electron chi connectivity index (χ1n) is 6.07. The first kappa shape index (κ1) is 13.0. The van der Waals surface area contributed by atoms with Crippen LogP contribution in [0.1, 0.15) is 11.3 Å². The van der Waals surface area contributed by atoms with Crippen LogP contribution in [0.5, 0.6) is 17.4 Å². The summed E-state index contributed by atoms with van der Waals surface area (Å²) in [5.41, 5.74) is 6.58. The Balaban J connectivity index is 1.65. The fourth-order valence-electron chi connectivity index (χ4n) is 1.76. The van der Waals surface area contributed by atoms with Crippen molar-refractivity contribution in [2.45, 2.75) is 6.61 Å². The van der Waals surface area contributed by atoms with Crippen molar-refractivity contribution in [1.82, 2.24) is 9.97 Å². The Labute approximate surface area is 119 Å². The average molecular weight is 288 g/mol. The van der Waals surface area contributed by atoms with Crippen molar-refractivity contribution in [1.29, 1.82) is 0 Å². The smallest absolute Gasteiger partial charge is 0.232 e. The molecule has 0 saturated carbocycles. The van der Waals surface area contributed by atoms with Gasteiger partial charge in [-0.15, -0.1) is 0 Å². The number of nitrogens with zero attached hydrogens (tertiary/aromatic N) is 3. The molecule has 0 radical (unpaired) electrons. The highest BCUT2D eigenvalue weighted by atomic mass is 16.7. The lowest BCUT2D eigenvalue weighted by molar-refractivity contribution is 0.174. The lowest BCUT2D eigenvalue weighted by Crippen LogP contribution is -2.15. The van der Waals surface area contributed by atoms with Gasteiger partial charge < -0.3 is 25.2 Å². The molecule has 21 heavy (non-hydrogen) atoms. The van der Waals surface area contributed by atoms with Gasteiger partial charge in [-0.05, 0) is 17.7 Å². The second-order valence-corrected chi connectivity index (χ2v) is 4.20. The first-order chi connectivity index (χ1) is 10.3. The van der Waals surface area contributed by atoms with Gasteiger partial charge in [-0.1, -0.05) is 11.2 Å². The van der Waals surface area contributed by atoms with E-state index in [0.717, 1.165) is 11.3 Å². The fourth-order valence-corrected chi connectivity index (χ4v) is 1.76. The van der Waals surface area contributed by atoms with E-state index in [0.29, 0.717) is 18.2 Å². The molecule has 3 rings (SSSR count). The molecule has 0 spiro atoms. The summed E-state index contributed by atoms with van der Waals surface area (Å²) in [4.78, 5) is 7.99. The zero-order chi connectivity index (χ0) is 14.7. The predicted molar refractivity (Wildman–Crippen MR) is 71.4 cm³/mol. The van der Waals surface area contributed by atoms with Crippen LogP contribution in [-0.2, 0) is 6.61 Å². The Hall–Kier alpha value is -3.03. The minimum Gasteiger partial charge on any atom is -0.472 e. The van der Waals surface area contributed by atoms with Gasteiger partial charge >= 0.3 is 0 Å². The Morgan fingerprint density at radius 3 is 2.90 bits per heavy atom. The summed E-state index contributed by atoms with van der Waals surface area (Å²) in [6.45, 7) is 0.550. The van der Waals surface area contributed by atoms with Gasteiger partial charge in [-0.2, -0.15) is 0 Å². The van der Waals surface area contributed by atoms with Crippen LogP contribution in [0.4, 0.5) is 0 Å². The zero-order valence-corrected chi connectivity index (χ0v) is 10.9. The van der Waals surface area contributed by atoms with Gasteiger partial charge in [0.1, 0.15) is 12.3 Å². The normalized spacial score (nSPS) is 13.2. The van der Waals surface area contributed by atoms with E-state index in [9.17, 15) is 0 Å². The molecule has 1 aliphatic rings. The molecule has 108 valence electrons. The molecule has 0 amide bonds. The zero-order valence-electron chi connectivity index (χ0n) is 10.9. The lowest BCUT2D eigenvalue weighted by atomic mass is 10.2. The van der Waals surface area contributed by atoms with Crippen molar-refractivity contribution in [3.8, 4) is 17.4 Å². The molecule has 2 aromatic rings. The predicted octanol–water partition coefficient (Wildman–Crippen LogP) is 0.879. The molecule has 0 unspecified atom stereocenters. The average Bonchev–Trinajstić information content (AvgIpc) is 3.00. The minimum absolute atomic E-state index is 0.107. The number of hydrogen-bond donors (Lipinski definition) is 2. The van der Waals surface area contributed by atoms with Crippen molar-refractivity contribution in [2.75, 3.05) is 6.79 Å². The standard InChI is InChI=1S/C13H12N4O4/c14-13(17-18)9-4-16-12(5-15-9)19-6-8-1-2-10-11(3-8)21-7-20-10/h1-5,18H,6-7H2,(H2,14,17). The molecule has 0 fully saturated rings. The van der Waals surface area contributed by atoms with Crippen LogP contribution in [0, 0.1) is 0 Å². The van der Waals surface area contributed by atoms with Gasteiger partial charge in [-0.25, -0.2) is 9.97 Å². The van der Waals surface area contributed by atoms with E-state index in [1.807, 2.05) is 18.2 Å². The quantitative estimate of drug-likeness (QED) is 0.371. The molecule has 1 aromatic carbocycles. The van der Waals surface area contributed by atoms with Crippen LogP contribution in [-0.4, -0.2) is 27.8 Å². The maximum Gasteiger partial charge on any atom is 0.232 e. The molecule has 1 aliphatic heterocycles. The van der Waals surface area contributed by atoms with E-state index in [4.69, 9.17) is 25.2 Å². The van der Waals surface area contributed by atoms with Crippen molar-refractivity contribution in [3.05, 3.63) is 41.9 Å². The van der Waals surface area contributed by atoms with Crippen LogP contribution in [0.3, 0.4) is 0 Å². The molecule has 0 aliphatic carbocycles. The lowest BCUT2D eigenvalue weighted by Gasteiger charge is -2.06. The Kier molecular flexibility index (Phi) is 3.42. The van der Waals surface area contributed by atoms with E-state index in [1.165, 1.54) is 12.4 Å². The van der Waals surface area contributed by atoms with Crippen LogP contribution in [0.15, 0.2) is 35.7 Å². The molecule has 1 aromatic heterocycles. The molecule has 8 heteroatoms. The first-order valence-corrected chi connectivity index (χ1v) is 6.07. The number of rotatable bonds is 4. The third kappa shape index (κ3) is 2.78. The number of ether oxygens (including phenoxy) is 3. The monoisotopic (exact) mass is 288 g/mol. The molecule has 0 atom stereocenters. The highest BCUT2D eigenvalue weighted by Gasteiger charge is 2.13. The highest BCUT2D eigenvalue weighted by molar-refractivity contribution is 5.94. The summed E-state index contributed by atoms with van der Waals surface area (Å²) in [7, 11) is 0. The number of oxime groups is 1. The number of nitrogens with two attached hydrogens (primary N) is 1. The topological polar surface area (TPSA) is 112 Å². The maximum absolute atomic E-state index is 8.53. The van der Waals surface area contributed by atoms with Crippen LogP contribution in [0.25, 0.3) is 0 Å². The van der Waals surface area contributed by atoms with Gasteiger partial charge in [0.2, 0.25) is 12.7 Å². The second-order valence-electron chi connectivity index (χ2n) is 4.20. The molecule has 0 bridgehead atoms. The minimum atomic E-state index is -0.107. The van der Waals surface area contributed by atoms with Gasteiger partial charge in [-0.3, -0.25) is 0 Å². The third-order valence-electron chi connectivity index (χ3n) is 2.82. The summed E-state index contributed by atoms with van der Waals surface area (Å²) < 4.78 is 16.0. The second kappa shape index (κ2) is 5.53. The van der Waals surface area contributed by atoms with E-state index < -0.39 is 0 Å². The Morgan fingerprint density at radius 1 is 1.29 bits per heavy atom. The van der Waals surface area contributed by atoms with Gasteiger partial charge in [0.25, 0.3) is 0 Å². The maximum atomic E-state index is 8.53. The number of benzene rings is 1. The van der Waals surface area contributed by atoms with Crippen LogP contribution >= 0.6 is 0 Å². The van der Waals surface area contributed by atoms with E-state index in [-0.39, 0.29) is 18.3 Å². The van der Waals surface area contributed by atoms with Gasteiger partial charge in [0.05, 0.1) is 12.4 Å². The largest absolute Gasteiger partial charge is 0.472 e. The summed E-state index contributed by atoms with van der Waals surface area (Å²) in [5.74, 6) is 1.65. The molecular weight excluding hydrogens is 276 g/mol. The Morgan fingerprint density at radius 2 is 2.14 bits per heavy atom. The summed E-state index contributed by atoms with van der Waals surface area (Å²) in [6.07, 6.45) is 2.77. The molecule has 8 nitrogen and oxygen atoms in total. The summed E-state index contributed by atoms with van der Waals surface area (Å²) in [6, 6.07) is 5.56. The van der Waals surface area contributed by atoms with Crippen molar-refractivity contribution in [3.63, 3.8) is 0 Å². The fraction of sp³-hybridized carbons (Fsp3) is 0.154. The molecular formula is C13H12N4O4. The van der Waals surface area contributed by atoms with Gasteiger partial charge in [0.15, 0.2) is 17.3 Å². The molecule has 2 heterocycles. The molecule has 3 N–H and O–H groups in total. The highest BCUT2D eigenvalue weighted by Crippen LogP contribution is 2.32. The number of amidine groups is 1. The SMILES string of the molecule is NC(=NO)c1cnc(OCc2ccc3c(c2)OCO3)cn1. The van der Waals surface area contributed by atoms with E-state index >= 15 is 0 Å². The summed E-state index contributed by atoms with van der Waals surface area (Å²) >= 11 is 0. The van der Waals surface area contributed by atoms with Crippen molar-refractivity contribution >= 4 is 5.84 Å². The third-order valence-corrected chi connectivity index (χ3v) is 2.82. The van der Waals surface area contributed by atoms with Crippen molar-refractivity contribution < 1.29 is 19.4 Å². The molecule has 0 saturated heterocycles. The van der Waals surface area contributed by atoms with Crippen molar-refractivity contribution in [2.24, 2.45) is 10.9 Å². The number of fused-ring (bicyclic) bond motifs is 1.